The molecule has 150 valence electrons. The van der Waals surface area contributed by atoms with Gasteiger partial charge in [-0.25, -0.2) is 9.97 Å². The summed E-state index contributed by atoms with van der Waals surface area (Å²) in [5.74, 6) is 1.53. The number of hydrogen-bond acceptors (Lipinski definition) is 7. The Labute approximate surface area is 166 Å². The molecule has 2 aromatic rings. The monoisotopic (exact) mass is 383 g/mol. The summed E-state index contributed by atoms with van der Waals surface area (Å²) >= 11 is 0. The van der Waals surface area contributed by atoms with Crippen molar-refractivity contribution in [2.75, 3.05) is 30.3 Å². The number of anilines is 2. The Bertz CT molecular complexity index is 914. The maximum atomic E-state index is 8.67. The van der Waals surface area contributed by atoms with Gasteiger partial charge in [-0.15, -0.1) is 0 Å². The largest absolute Gasteiger partial charge is 0.488 e. The van der Waals surface area contributed by atoms with Gasteiger partial charge in [-0.1, -0.05) is 0 Å². The molecule has 0 unspecified atom stereocenters. The fraction of sp³-hybridized carbons (Fsp3) is 0.476. The molecule has 2 fully saturated rings. The average Bonchev–Trinajstić information content (AvgIpc) is 3.39. The maximum Gasteiger partial charge on any atom is 0.132 e. The van der Waals surface area contributed by atoms with Crippen molar-refractivity contribution in [1.82, 2.24) is 9.97 Å². The molecule has 1 aliphatic heterocycles. The highest BCUT2D eigenvalue weighted by atomic mass is 16.5. The molecule has 0 bridgehead atoms. The minimum atomic E-state index is -0.230. The van der Waals surface area contributed by atoms with E-state index in [1.165, 1.54) is 6.33 Å². The van der Waals surface area contributed by atoms with E-state index in [-0.39, 0.29) is 18.3 Å². The number of nitrogen functional groups attached to an aromatic ring is 1. The number of nitrogens with two attached hydrogens (primary N) is 1. The molecule has 2 heterocycles. The van der Waals surface area contributed by atoms with Gasteiger partial charge in [-0.2, -0.15) is 0 Å². The van der Waals surface area contributed by atoms with Crippen molar-refractivity contribution < 1.29 is 10.9 Å². The van der Waals surface area contributed by atoms with Crippen LogP contribution in [-0.4, -0.2) is 46.6 Å². The number of hydrogen-bond donors (Lipinski definition) is 2. The Kier molecular flexibility index (Phi) is 4.50. The van der Waals surface area contributed by atoms with Crippen LogP contribution >= 0.6 is 0 Å². The van der Waals surface area contributed by atoms with E-state index >= 15 is 0 Å². The molecule has 0 atom stereocenters. The predicted molar refractivity (Wildman–Crippen MR) is 111 cm³/mol. The second-order valence-electron chi connectivity index (χ2n) is 8.47. The lowest BCUT2D eigenvalue weighted by molar-refractivity contribution is -0.0279. The van der Waals surface area contributed by atoms with Gasteiger partial charge in [0.1, 0.15) is 23.5 Å². The van der Waals surface area contributed by atoms with Gasteiger partial charge in [-0.05, 0) is 51.8 Å². The van der Waals surface area contributed by atoms with Gasteiger partial charge < -0.3 is 20.1 Å². The topological polar surface area (TPSA) is 97.4 Å². The van der Waals surface area contributed by atoms with Crippen molar-refractivity contribution in [3.8, 4) is 5.75 Å². The van der Waals surface area contributed by atoms with E-state index < -0.39 is 0 Å². The number of nitrogens with zero attached hydrogens (tertiary/aromatic N) is 3. The van der Waals surface area contributed by atoms with Crippen molar-refractivity contribution in [3.63, 3.8) is 0 Å². The van der Waals surface area contributed by atoms with Crippen molar-refractivity contribution in [2.24, 2.45) is 0 Å². The summed E-state index contributed by atoms with van der Waals surface area (Å²) in [4.78, 5) is 10.9. The third-order valence-corrected chi connectivity index (χ3v) is 5.27. The van der Waals surface area contributed by atoms with E-state index in [0.717, 1.165) is 37.5 Å². The van der Waals surface area contributed by atoms with Crippen LogP contribution in [0.5, 0.6) is 5.75 Å². The molecule has 1 saturated carbocycles. The molecule has 7 nitrogen and oxygen atoms in total. The zero-order valence-corrected chi connectivity index (χ0v) is 16.7. The molecule has 0 spiro atoms. The van der Waals surface area contributed by atoms with E-state index in [2.05, 4.69) is 35.6 Å². The van der Waals surface area contributed by atoms with Crippen molar-refractivity contribution in [2.45, 2.75) is 44.8 Å². The summed E-state index contributed by atoms with van der Waals surface area (Å²) in [6.07, 6.45) is 3.61. The summed E-state index contributed by atoms with van der Waals surface area (Å²) in [7, 11) is 0. The number of benzene rings is 1. The lowest BCUT2D eigenvalue weighted by Gasteiger charge is -2.38. The van der Waals surface area contributed by atoms with Crippen LogP contribution in [0.1, 0.15) is 46.3 Å². The van der Waals surface area contributed by atoms with E-state index in [0.29, 0.717) is 23.6 Å². The lowest BCUT2D eigenvalue weighted by Crippen LogP contribution is -2.48. The first-order valence-corrected chi connectivity index (χ1v) is 9.64. The van der Waals surface area contributed by atoms with Crippen molar-refractivity contribution >= 4 is 17.2 Å². The standard InChI is InChI=1S/C21H27N5O2.H2/c1-20(2)12-26(8-9-27-20)18-11-17(24-13-25-18)19(23)15-10-14(4-5-16(15)22)28-21(3)6-7-21;/h4-5,10-11,13,23H,6-9,12,22H2,1-3H3;1H. The fourth-order valence-corrected chi connectivity index (χ4v) is 3.38. The second-order valence-corrected chi connectivity index (χ2v) is 8.47. The number of nitrogens with one attached hydrogen (secondary N) is 1. The van der Waals surface area contributed by atoms with Crippen LogP contribution in [0.2, 0.25) is 0 Å². The first kappa shape index (κ1) is 18.7. The smallest absolute Gasteiger partial charge is 0.132 e. The first-order valence-electron chi connectivity index (χ1n) is 9.64. The minimum Gasteiger partial charge on any atom is -0.488 e. The highest BCUT2D eigenvalue weighted by Crippen LogP contribution is 2.40. The number of aromatic nitrogens is 2. The summed E-state index contributed by atoms with van der Waals surface area (Å²) < 4.78 is 11.8. The Morgan fingerprint density at radius 2 is 2.04 bits per heavy atom. The lowest BCUT2D eigenvalue weighted by atomic mass is 10.0. The molecule has 2 aliphatic rings. The molecular weight excluding hydrogens is 354 g/mol. The normalized spacial score (nSPS) is 19.9. The molecule has 0 amide bonds. The van der Waals surface area contributed by atoms with Crippen molar-refractivity contribution in [1.29, 1.82) is 5.41 Å². The van der Waals surface area contributed by atoms with Gasteiger partial charge >= 0.3 is 0 Å². The highest BCUT2D eigenvalue weighted by molar-refractivity contribution is 6.13. The second kappa shape index (κ2) is 6.74. The van der Waals surface area contributed by atoms with Gasteiger partial charge in [0, 0.05) is 31.8 Å². The van der Waals surface area contributed by atoms with E-state index in [4.69, 9.17) is 20.6 Å². The van der Waals surface area contributed by atoms with E-state index in [1.54, 1.807) is 6.07 Å². The molecule has 3 N–H and O–H groups in total. The van der Waals surface area contributed by atoms with Gasteiger partial charge in [0.25, 0.3) is 0 Å². The maximum absolute atomic E-state index is 8.67. The molecular formula is C21H29N5O2. The molecule has 7 heteroatoms. The van der Waals surface area contributed by atoms with Gasteiger partial charge in [0.05, 0.1) is 23.6 Å². The minimum absolute atomic E-state index is 0. The summed E-state index contributed by atoms with van der Waals surface area (Å²) in [5.41, 5.74) is 7.80. The van der Waals surface area contributed by atoms with Crippen LogP contribution in [0, 0.1) is 5.41 Å². The van der Waals surface area contributed by atoms with Crippen LogP contribution < -0.4 is 15.4 Å². The van der Waals surface area contributed by atoms with Crippen LogP contribution in [0.15, 0.2) is 30.6 Å². The van der Waals surface area contributed by atoms with E-state index in [1.807, 2.05) is 18.2 Å². The van der Waals surface area contributed by atoms with Crippen molar-refractivity contribution in [3.05, 3.63) is 41.9 Å². The molecule has 1 aliphatic carbocycles. The number of morpholine rings is 1. The van der Waals surface area contributed by atoms with Crippen LogP contribution in [0.25, 0.3) is 0 Å². The molecule has 28 heavy (non-hydrogen) atoms. The Balaban J connectivity index is 0.00000240. The Morgan fingerprint density at radius 3 is 2.75 bits per heavy atom. The zero-order valence-electron chi connectivity index (χ0n) is 16.7. The van der Waals surface area contributed by atoms with E-state index in [9.17, 15) is 0 Å². The number of ether oxygens (including phenoxy) is 2. The van der Waals surface area contributed by atoms with Gasteiger partial charge in [-0.3, -0.25) is 5.41 Å². The highest BCUT2D eigenvalue weighted by Gasteiger charge is 2.40. The van der Waals surface area contributed by atoms with Crippen LogP contribution in [0.3, 0.4) is 0 Å². The molecule has 4 rings (SSSR count). The third-order valence-electron chi connectivity index (χ3n) is 5.27. The van der Waals surface area contributed by atoms with Crippen LogP contribution in [0.4, 0.5) is 11.5 Å². The van der Waals surface area contributed by atoms with Gasteiger partial charge in [0.2, 0.25) is 0 Å². The summed E-state index contributed by atoms with van der Waals surface area (Å²) in [6.45, 7) is 8.37. The molecule has 0 radical (unpaired) electrons. The summed E-state index contributed by atoms with van der Waals surface area (Å²) in [6, 6.07) is 7.33. The number of rotatable bonds is 5. The summed E-state index contributed by atoms with van der Waals surface area (Å²) in [5, 5.41) is 8.67. The average molecular weight is 383 g/mol. The third kappa shape index (κ3) is 3.94. The molecule has 1 saturated heterocycles. The first-order chi connectivity index (χ1) is 13.2. The zero-order chi connectivity index (χ0) is 19.9. The molecule has 1 aromatic carbocycles. The molecule has 1 aromatic heterocycles. The SMILES string of the molecule is CC1(C)CN(c2cc(C(=N)c3cc(OC4(C)CC4)ccc3N)ncn2)CCO1.[HH]. The Morgan fingerprint density at radius 1 is 1.25 bits per heavy atom. The Hall–Kier alpha value is -2.67. The quantitative estimate of drug-likeness (QED) is 0.607. The van der Waals surface area contributed by atoms with Crippen LogP contribution in [-0.2, 0) is 4.74 Å². The fourth-order valence-electron chi connectivity index (χ4n) is 3.38. The van der Waals surface area contributed by atoms with Gasteiger partial charge in [0.15, 0.2) is 0 Å². The predicted octanol–water partition coefficient (Wildman–Crippen LogP) is 3.27.